The molecule has 0 aromatic rings. The lowest BCUT2D eigenvalue weighted by Crippen LogP contribution is -2.54. The third-order valence-corrected chi connectivity index (χ3v) is 4.28. The first-order chi connectivity index (χ1) is 13.4. The van der Waals surface area contributed by atoms with E-state index in [-0.39, 0.29) is 42.0 Å². The number of hydrogen-bond acceptors (Lipinski definition) is 5. The number of carboxylic acid groups (broad SMARTS) is 1. The fourth-order valence-corrected chi connectivity index (χ4v) is 2.62. The highest BCUT2D eigenvalue weighted by Crippen LogP contribution is 2.19. The quantitative estimate of drug-likeness (QED) is 0.378. The molecule has 0 rings (SSSR count). The topological polar surface area (TPSA) is 117 Å². The molecule has 30 heavy (non-hydrogen) atoms. The van der Waals surface area contributed by atoms with E-state index in [1.165, 1.54) is 0 Å². The largest absolute Gasteiger partial charge is 0.480 e. The second kappa shape index (κ2) is 11.6. The lowest BCUT2D eigenvalue weighted by molar-refractivity contribution is -0.140. The van der Waals surface area contributed by atoms with Gasteiger partial charge >= 0.3 is 5.97 Å². The van der Waals surface area contributed by atoms with E-state index in [1.807, 2.05) is 48.5 Å². The first kappa shape index (κ1) is 28.3. The summed E-state index contributed by atoms with van der Waals surface area (Å²) in [6, 6.07) is -0.874. The Balaban J connectivity index is 4.40. The molecule has 0 saturated heterocycles. The van der Waals surface area contributed by atoms with Crippen molar-refractivity contribution in [1.82, 2.24) is 16.0 Å². The van der Waals surface area contributed by atoms with E-state index < -0.39 is 17.4 Å². The fourth-order valence-electron chi connectivity index (χ4n) is 2.62. The summed E-state index contributed by atoms with van der Waals surface area (Å²) in [6.45, 7) is 17.8. The van der Waals surface area contributed by atoms with Gasteiger partial charge in [-0.2, -0.15) is 0 Å². The Morgan fingerprint density at radius 2 is 1.53 bits per heavy atom. The van der Waals surface area contributed by atoms with E-state index in [0.717, 1.165) is 0 Å². The third-order valence-electron chi connectivity index (χ3n) is 4.28. The Morgan fingerprint density at radius 3 is 2.00 bits per heavy atom. The van der Waals surface area contributed by atoms with E-state index in [1.54, 1.807) is 13.8 Å². The molecule has 2 amide bonds. The maximum absolute atomic E-state index is 12.5. The molecule has 0 fully saturated rings. The van der Waals surface area contributed by atoms with Crippen LogP contribution in [0.2, 0.25) is 0 Å². The van der Waals surface area contributed by atoms with Gasteiger partial charge in [-0.25, -0.2) is 0 Å². The molecule has 4 N–H and O–H groups in total. The molecule has 0 aliphatic carbocycles. The number of carboxylic acids is 1. The van der Waals surface area contributed by atoms with E-state index in [9.17, 15) is 19.5 Å². The summed E-state index contributed by atoms with van der Waals surface area (Å²) in [7, 11) is 0. The molecule has 2 unspecified atom stereocenters. The zero-order chi connectivity index (χ0) is 23.8. The van der Waals surface area contributed by atoms with Crippen LogP contribution in [0.5, 0.6) is 0 Å². The van der Waals surface area contributed by atoms with Crippen LogP contribution in [0.3, 0.4) is 0 Å². The summed E-state index contributed by atoms with van der Waals surface area (Å²) < 4.78 is 5.80. The maximum atomic E-state index is 12.5. The van der Waals surface area contributed by atoms with Gasteiger partial charge in [0.2, 0.25) is 11.8 Å². The maximum Gasteiger partial charge on any atom is 0.322 e. The van der Waals surface area contributed by atoms with Gasteiger partial charge in [0, 0.05) is 25.0 Å². The van der Waals surface area contributed by atoms with Crippen LogP contribution in [0.25, 0.3) is 0 Å². The molecule has 0 spiro atoms. The summed E-state index contributed by atoms with van der Waals surface area (Å²) in [5.74, 6) is -1.26. The van der Waals surface area contributed by atoms with Gasteiger partial charge in [-0.1, -0.05) is 20.8 Å². The Bertz CT molecular complexity index is 576. The van der Waals surface area contributed by atoms with Gasteiger partial charge in [-0.05, 0) is 53.4 Å². The third kappa shape index (κ3) is 13.5. The molecule has 0 aromatic heterocycles. The van der Waals surface area contributed by atoms with Gasteiger partial charge in [0.15, 0.2) is 0 Å². The number of carbonyl (C=O) groups excluding carboxylic acids is 2. The van der Waals surface area contributed by atoms with E-state index in [2.05, 4.69) is 16.0 Å². The van der Waals surface area contributed by atoms with Crippen LogP contribution in [-0.4, -0.2) is 60.3 Å². The van der Waals surface area contributed by atoms with Crippen LogP contribution in [0.1, 0.15) is 75.2 Å². The van der Waals surface area contributed by atoms with Crippen LogP contribution in [0.4, 0.5) is 0 Å². The highest BCUT2D eigenvalue weighted by Gasteiger charge is 2.31. The minimum Gasteiger partial charge on any atom is -0.480 e. The Morgan fingerprint density at radius 1 is 0.967 bits per heavy atom. The van der Waals surface area contributed by atoms with E-state index in [4.69, 9.17) is 4.74 Å². The number of ether oxygens (including phenoxy) is 1. The summed E-state index contributed by atoms with van der Waals surface area (Å²) >= 11 is 0. The van der Waals surface area contributed by atoms with Crippen LogP contribution in [0, 0.1) is 10.8 Å². The minimum absolute atomic E-state index is 0.00969. The lowest BCUT2D eigenvalue weighted by Gasteiger charge is -2.29. The highest BCUT2D eigenvalue weighted by atomic mass is 16.5. The van der Waals surface area contributed by atoms with Crippen molar-refractivity contribution in [2.24, 2.45) is 10.8 Å². The summed E-state index contributed by atoms with van der Waals surface area (Å²) in [5, 5.41) is 17.9. The minimum atomic E-state index is -1.01. The van der Waals surface area contributed by atoms with Crippen molar-refractivity contribution in [2.75, 3.05) is 19.7 Å². The first-order valence-electron chi connectivity index (χ1n) is 10.6. The predicted molar refractivity (Wildman–Crippen MR) is 118 cm³/mol. The molecule has 0 bridgehead atoms. The molecule has 0 aliphatic rings. The first-order valence-corrected chi connectivity index (χ1v) is 10.6. The zero-order valence-electron chi connectivity index (χ0n) is 20.3. The molecule has 0 saturated carbocycles. The average Bonchev–Trinajstić information content (AvgIpc) is 2.53. The second-order valence-electron chi connectivity index (χ2n) is 10.9. The van der Waals surface area contributed by atoms with Gasteiger partial charge < -0.3 is 20.5 Å². The van der Waals surface area contributed by atoms with Crippen LogP contribution < -0.4 is 16.0 Å². The van der Waals surface area contributed by atoms with Gasteiger partial charge in [0.1, 0.15) is 6.04 Å². The Hall–Kier alpha value is -1.67. The smallest absolute Gasteiger partial charge is 0.322 e. The van der Waals surface area contributed by atoms with Crippen LogP contribution in [0.15, 0.2) is 0 Å². The van der Waals surface area contributed by atoms with Crippen molar-refractivity contribution in [2.45, 2.75) is 92.8 Å². The summed E-state index contributed by atoms with van der Waals surface area (Å²) in [6.07, 6.45) is 0.988. The molecular formula is C22H43N3O5. The predicted octanol–water partition coefficient (Wildman–Crippen LogP) is 2.32. The van der Waals surface area contributed by atoms with Crippen molar-refractivity contribution in [3.63, 3.8) is 0 Å². The molecule has 8 nitrogen and oxygen atoms in total. The SMILES string of the molecule is CC(CCNC(=O)CC(C)(C)C)OCC(C)(C)C(=O)NCC(NC(C)(C)C)C(=O)O. The molecular weight excluding hydrogens is 386 g/mol. The van der Waals surface area contributed by atoms with Crippen molar-refractivity contribution >= 4 is 17.8 Å². The van der Waals surface area contributed by atoms with E-state index in [0.29, 0.717) is 19.4 Å². The van der Waals surface area contributed by atoms with Crippen LogP contribution >= 0.6 is 0 Å². The molecule has 0 aromatic carbocycles. The normalized spacial score (nSPS) is 14.7. The number of amides is 2. The highest BCUT2D eigenvalue weighted by molar-refractivity contribution is 5.83. The number of hydrogen-bond donors (Lipinski definition) is 4. The number of aliphatic carboxylic acids is 1. The zero-order valence-corrected chi connectivity index (χ0v) is 20.3. The van der Waals surface area contributed by atoms with E-state index >= 15 is 0 Å². The van der Waals surface area contributed by atoms with Crippen molar-refractivity contribution in [3.8, 4) is 0 Å². The van der Waals surface area contributed by atoms with Crippen LogP contribution in [-0.2, 0) is 19.1 Å². The van der Waals surface area contributed by atoms with Crippen molar-refractivity contribution in [3.05, 3.63) is 0 Å². The van der Waals surface area contributed by atoms with Gasteiger partial charge in [-0.3, -0.25) is 19.7 Å². The second-order valence-corrected chi connectivity index (χ2v) is 10.9. The molecule has 0 radical (unpaired) electrons. The van der Waals surface area contributed by atoms with Gasteiger partial charge in [0.05, 0.1) is 18.1 Å². The number of rotatable bonds is 12. The molecule has 8 heteroatoms. The molecule has 0 heterocycles. The van der Waals surface area contributed by atoms with Crippen molar-refractivity contribution in [1.29, 1.82) is 0 Å². The fraction of sp³-hybridized carbons (Fsp3) is 0.864. The number of nitrogens with one attached hydrogen (secondary N) is 3. The number of carbonyl (C=O) groups is 3. The standard InChI is InChI=1S/C22H43N3O5/c1-15(10-11-23-17(26)12-20(2,3)4)30-14-22(8,9)19(29)24-13-16(18(27)28)25-21(5,6)7/h15-16,25H,10-14H2,1-9H3,(H,23,26)(H,24,29)(H,27,28). The molecule has 176 valence electrons. The average molecular weight is 430 g/mol. The molecule has 0 aliphatic heterocycles. The monoisotopic (exact) mass is 429 g/mol. The lowest BCUT2D eigenvalue weighted by atomic mass is 9.92. The molecule has 2 atom stereocenters. The van der Waals surface area contributed by atoms with Crippen molar-refractivity contribution < 1.29 is 24.2 Å². The Labute approximate surface area is 181 Å². The van der Waals surface area contributed by atoms with Gasteiger partial charge in [0.25, 0.3) is 0 Å². The van der Waals surface area contributed by atoms with Gasteiger partial charge in [-0.15, -0.1) is 0 Å². The summed E-state index contributed by atoms with van der Waals surface area (Å²) in [4.78, 5) is 35.8. The Kier molecular flexibility index (Phi) is 11.0. The summed E-state index contributed by atoms with van der Waals surface area (Å²) in [5.41, 5.74) is -1.25.